The van der Waals surface area contributed by atoms with E-state index >= 15 is 0 Å². The van der Waals surface area contributed by atoms with Crippen molar-refractivity contribution < 1.29 is 13.9 Å². The normalized spacial score (nSPS) is 20.7. The lowest BCUT2D eigenvalue weighted by molar-refractivity contribution is -0.122. The van der Waals surface area contributed by atoms with Gasteiger partial charge in [0.05, 0.1) is 12.1 Å². The zero-order chi connectivity index (χ0) is 14.6. The average molecular weight is 317 g/mol. The number of carbonyl (C=O) groups excluding carboxylic acids is 1. The second-order valence-electron chi connectivity index (χ2n) is 5.00. The highest BCUT2D eigenvalue weighted by atomic mass is 35.5. The lowest BCUT2D eigenvalue weighted by Crippen LogP contribution is -2.50. The van der Waals surface area contributed by atoms with Crippen molar-refractivity contribution in [1.29, 1.82) is 0 Å². The number of hydrogen-bond donors (Lipinski definition) is 2. The molecule has 1 heterocycles. The Labute approximate surface area is 130 Å². The molecule has 1 amide bonds. The molecule has 0 radical (unpaired) electrons. The van der Waals surface area contributed by atoms with Gasteiger partial charge in [-0.15, -0.1) is 12.4 Å². The summed E-state index contributed by atoms with van der Waals surface area (Å²) in [7, 11) is 0. The summed E-state index contributed by atoms with van der Waals surface area (Å²) < 4.78 is 18.9. The molecule has 1 aromatic carbocycles. The molecule has 1 fully saturated rings. The van der Waals surface area contributed by atoms with Crippen molar-refractivity contribution in [3.05, 3.63) is 24.0 Å². The van der Waals surface area contributed by atoms with Crippen LogP contribution in [0, 0.1) is 5.82 Å². The van der Waals surface area contributed by atoms with E-state index in [-0.39, 0.29) is 24.1 Å². The number of ether oxygens (including phenoxy) is 1. The minimum Gasteiger partial charge on any atom is -0.491 e. The van der Waals surface area contributed by atoms with E-state index in [1.807, 2.05) is 6.92 Å². The molecule has 0 aliphatic carbocycles. The van der Waals surface area contributed by atoms with Crippen molar-refractivity contribution in [3.8, 4) is 5.75 Å². The molecule has 1 saturated heterocycles. The SMILES string of the molecule is CCOc1ccc(NC(=O)C2(CC)CCCN2)cc1F.Cl. The van der Waals surface area contributed by atoms with Crippen LogP contribution in [0.4, 0.5) is 10.1 Å². The Bertz CT molecular complexity index is 491. The first-order chi connectivity index (χ1) is 9.61. The molecule has 1 unspecified atom stereocenters. The monoisotopic (exact) mass is 316 g/mol. The Balaban J connectivity index is 0.00000220. The third kappa shape index (κ3) is 3.86. The van der Waals surface area contributed by atoms with Crippen LogP contribution in [0.25, 0.3) is 0 Å². The van der Waals surface area contributed by atoms with Crippen molar-refractivity contribution in [2.75, 3.05) is 18.5 Å². The van der Waals surface area contributed by atoms with E-state index in [0.717, 1.165) is 25.8 Å². The molecule has 0 aromatic heterocycles. The summed E-state index contributed by atoms with van der Waals surface area (Å²) in [5.41, 5.74) is -0.0628. The highest BCUT2D eigenvalue weighted by Gasteiger charge is 2.39. The quantitative estimate of drug-likeness (QED) is 0.877. The van der Waals surface area contributed by atoms with Crippen LogP contribution in [-0.2, 0) is 4.79 Å². The number of hydrogen-bond acceptors (Lipinski definition) is 3. The molecule has 0 saturated carbocycles. The summed E-state index contributed by atoms with van der Waals surface area (Å²) in [5, 5.41) is 6.04. The number of nitrogens with one attached hydrogen (secondary N) is 2. The lowest BCUT2D eigenvalue weighted by atomic mass is 9.93. The number of benzene rings is 1. The van der Waals surface area contributed by atoms with Crippen LogP contribution in [0.3, 0.4) is 0 Å². The van der Waals surface area contributed by atoms with Gasteiger partial charge < -0.3 is 15.4 Å². The maximum absolute atomic E-state index is 13.8. The number of amides is 1. The second-order valence-corrected chi connectivity index (χ2v) is 5.00. The molecule has 2 N–H and O–H groups in total. The van der Waals surface area contributed by atoms with Crippen LogP contribution >= 0.6 is 12.4 Å². The van der Waals surface area contributed by atoms with Crippen molar-refractivity contribution in [2.24, 2.45) is 0 Å². The number of halogens is 2. The smallest absolute Gasteiger partial charge is 0.244 e. The first-order valence-corrected chi connectivity index (χ1v) is 7.10. The predicted molar refractivity (Wildman–Crippen MR) is 83.7 cm³/mol. The third-order valence-corrected chi connectivity index (χ3v) is 3.77. The number of anilines is 1. The molecule has 0 spiro atoms. The fraction of sp³-hybridized carbons (Fsp3) is 0.533. The largest absolute Gasteiger partial charge is 0.491 e. The third-order valence-electron chi connectivity index (χ3n) is 3.77. The fourth-order valence-corrected chi connectivity index (χ4v) is 2.56. The molecule has 2 rings (SSSR count). The fourth-order valence-electron chi connectivity index (χ4n) is 2.56. The first kappa shape index (κ1) is 17.7. The number of rotatable bonds is 5. The van der Waals surface area contributed by atoms with E-state index < -0.39 is 11.4 Å². The zero-order valence-electron chi connectivity index (χ0n) is 12.4. The maximum Gasteiger partial charge on any atom is 0.244 e. The van der Waals surface area contributed by atoms with Gasteiger partial charge in [-0.25, -0.2) is 4.39 Å². The van der Waals surface area contributed by atoms with Crippen LogP contribution in [-0.4, -0.2) is 24.6 Å². The summed E-state index contributed by atoms with van der Waals surface area (Å²) in [5.74, 6) is -0.356. The second kappa shape index (κ2) is 7.61. The van der Waals surface area contributed by atoms with Crippen LogP contribution in [0.1, 0.15) is 33.1 Å². The van der Waals surface area contributed by atoms with Crippen LogP contribution in [0.2, 0.25) is 0 Å². The van der Waals surface area contributed by atoms with E-state index in [1.165, 1.54) is 12.1 Å². The molecule has 21 heavy (non-hydrogen) atoms. The van der Waals surface area contributed by atoms with Gasteiger partial charge in [0.15, 0.2) is 11.6 Å². The average Bonchev–Trinajstić information content (AvgIpc) is 2.92. The molecular formula is C15H22ClFN2O2. The molecule has 0 bridgehead atoms. The molecule has 1 aliphatic heterocycles. The molecule has 1 aliphatic rings. The molecule has 1 atom stereocenters. The predicted octanol–water partition coefficient (Wildman–Crippen LogP) is 3.12. The van der Waals surface area contributed by atoms with Gasteiger partial charge >= 0.3 is 0 Å². The van der Waals surface area contributed by atoms with Gasteiger partial charge in [-0.1, -0.05) is 6.92 Å². The van der Waals surface area contributed by atoms with Gasteiger partial charge in [0.1, 0.15) is 0 Å². The van der Waals surface area contributed by atoms with Gasteiger partial charge in [-0.3, -0.25) is 4.79 Å². The van der Waals surface area contributed by atoms with Gasteiger partial charge in [-0.05, 0) is 44.9 Å². The van der Waals surface area contributed by atoms with E-state index in [4.69, 9.17) is 4.74 Å². The summed E-state index contributed by atoms with van der Waals surface area (Å²) in [6.45, 7) is 5.03. The lowest BCUT2D eigenvalue weighted by Gasteiger charge is -2.26. The maximum atomic E-state index is 13.8. The van der Waals surface area contributed by atoms with Crippen LogP contribution < -0.4 is 15.4 Å². The van der Waals surface area contributed by atoms with Gasteiger partial charge in [0.2, 0.25) is 5.91 Å². The molecule has 118 valence electrons. The summed E-state index contributed by atoms with van der Waals surface area (Å²) in [4.78, 5) is 12.4. The topological polar surface area (TPSA) is 50.4 Å². The van der Waals surface area contributed by atoms with Crippen LogP contribution in [0.5, 0.6) is 5.75 Å². The Kier molecular flexibility index (Phi) is 6.42. The van der Waals surface area contributed by atoms with Crippen molar-refractivity contribution in [3.63, 3.8) is 0 Å². The Morgan fingerprint density at radius 2 is 2.24 bits per heavy atom. The Morgan fingerprint density at radius 3 is 2.76 bits per heavy atom. The standard InChI is InChI=1S/C15H21FN2O2.ClH/c1-3-15(8-5-9-17-15)14(19)18-11-6-7-13(20-4-2)12(16)10-11;/h6-7,10,17H,3-5,8-9H2,1-2H3,(H,18,19);1H. The van der Waals surface area contributed by atoms with E-state index in [0.29, 0.717) is 12.3 Å². The van der Waals surface area contributed by atoms with Crippen molar-refractivity contribution in [2.45, 2.75) is 38.6 Å². The Morgan fingerprint density at radius 1 is 1.48 bits per heavy atom. The summed E-state index contributed by atoms with van der Waals surface area (Å²) >= 11 is 0. The molecular weight excluding hydrogens is 295 g/mol. The van der Waals surface area contributed by atoms with E-state index in [9.17, 15) is 9.18 Å². The molecule has 1 aromatic rings. The Hall–Kier alpha value is -1.33. The highest BCUT2D eigenvalue weighted by molar-refractivity contribution is 5.98. The van der Waals surface area contributed by atoms with Crippen molar-refractivity contribution >= 4 is 24.0 Å². The minimum atomic E-state index is -0.519. The van der Waals surface area contributed by atoms with Gasteiger partial charge in [0.25, 0.3) is 0 Å². The molecule has 6 heteroatoms. The van der Waals surface area contributed by atoms with E-state index in [2.05, 4.69) is 10.6 Å². The summed E-state index contributed by atoms with van der Waals surface area (Å²) in [6, 6.07) is 4.49. The highest BCUT2D eigenvalue weighted by Crippen LogP contribution is 2.26. The summed E-state index contributed by atoms with van der Waals surface area (Å²) in [6.07, 6.45) is 2.52. The van der Waals surface area contributed by atoms with Crippen molar-refractivity contribution in [1.82, 2.24) is 5.32 Å². The van der Waals surface area contributed by atoms with Crippen LogP contribution in [0.15, 0.2) is 18.2 Å². The number of carbonyl (C=O) groups is 1. The van der Waals surface area contributed by atoms with Gasteiger partial charge in [-0.2, -0.15) is 0 Å². The van der Waals surface area contributed by atoms with E-state index in [1.54, 1.807) is 13.0 Å². The van der Waals surface area contributed by atoms with Gasteiger partial charge in [0, 0.05) is 11.8 Å². The zero-order valence-corrected chi connectivity index (χ0v) is 13.2. The molecule has 4 nitrogen and oxygen atoms in total. The minimum absolute atomic E-state index is 0. The first-order valence-electron chi connectivity index (χ1n) is 7.10.